The van der Waals surface area contributed by atoms with Gasteiger partial charge in [0, 0.05) is 13.0 Å². The summed E-state index contributed by atoms with van der Waals surface area (Å²) in [5.74, 6) is 0.728. The van der Waals surface area contributed by atoms with Crippen molar-refractivity contribution in [3.05, 3.63) is 60.2 Å². The Labute approximate surface area is 150 Å². The fraction of sp³-hybridized carbons (Fsp3) is 0.381. The van der Waals surface area contributed by atoms with Crippen molar-refractivity contribution in [1.82, 2.24) is 4.90 Å². The number of amides is 1. The van der Waals surface area contributed by atoms with E-state index in [4.69, 9.17) is 4.74 Å². The zero-order valence-electron chi connectivity index (χ0n) is 15.2. The molecule has 0 aliphatic carbocycles. The number of nitrogens with zero attached hydrogens (tertiary/aromatic N) is 1. The molecule has 0 radical (unpaired) electrons. The molecule has 1 amide bonds. The predicted octanol–water partition coefficient (Wildman–Crippen LogP) is 3.98. The molecule has 0 spiro atoms. The molecule has 134 valence electrons. The number of aryl methyl sites for hydroxylation is 1. The van der Waals surface area contributed by atoms with Gasteiger partial charge in [-0.05, 0) is 37.2 Å². The van der Waals surface area contributed by atoms with E-state index in [1.807, 2.05) is 54.6 Å². The van der Waals surface area contributed by atoms with Gasteiger partial charge in [0.25, 0.3) is 0 Å². The van der Waals surface area contributed by atoms with Crippen LogP contribution in [-0.2, 0) is 11.2 Å². The molecule has 4 nitrogen and oxygen atoms in total. The molecule has 25 heavy (non-hydrogen) atoms. The van der Waals surface area contributed by atoms with Gasteiger partial charge < -0.3 is 15.0 Å². The van der Waals surface area contributed by atoms with Crippen molar-refractivity contribution in [3.63, 3.8) is 0 Å². The van der Waals surface area contributed by atoms with Gasteiger partial charge >= 0.3 is 0 Å². The first kappa shape index (κ1) is 19.0. The Morgan fingerprint density at radius 1 is 1.00 bits per heavy atom. The molecule has 0 saturated heterocycles. The summed E-state index contributed by atoms with van der Waals surface area (Å²) in [6.07, 6.45) is 1.19. The molecule has 0 atom stereocenters. The second-order valence-corrected chi connectivity index (χ2v) is 5.91. The van der Waals surface area contributed by atoms with Gasteiger partial charge in [0.2, 0.25) is 5.91 Å². The van der Waals surface area contributed by atoms with E-state index in [0.29, 0.717) is 13.0 Å². The molecule has 1 N–H and O–H groups in total. The molecule has 2 aromatic rings. The molecule has 0 unspecified atom stereocenters. The van der Waals surface area contributed by atoms with Gasteiger partial charge in [-0.3, -0.25) is 4.79 Å². The van der Waals surface area contributed by atoms with Crippen LogP contribution in [0.1, 0.15) is 25.8 Å². The molecule has 4 heteroatoms. The Morgan fingerprint density at radius 3 is 2.40 bits per heavy atom. The summed E-state index contributed by atoms with van der Waals surface area (Å²) in [4.78, 5) is 14.5. The number of anilines is 1. The molecule has 0 aliphatic rings. The zero-order chi connectivity index (χ0) is 17.9. The Morgan fingerprint density at radius 2 is 1.68 bits per heavy atom. The molecule has 2 aromatic carbocycles. The molecule has 0 aromatic heterocycles. The van der Waals surface area contributed by atoms with E-state index >= 15 is 0 Å². The number of carbonyl (C=O) groups is 1. The fourth-order valence-electron chi connectivity index (χ4n) is 2.64. The maximum Gasteiger partial charge on any atom is 0.224 e. The van der Waals surface area contributed by atoms with E-state index in [2.05, 4.69) is 24.1 Å². The largest absolute Gasteiger partial charge is 0.490 e. The second kappa shape index (κ2) is 10.5. The van der Waals surface area contributed by atoms with Gasteiger partial charge in [-0.2, -0.15) is 0 Å². The van der Waals surface area contributed by atoms with Crippen LogP contribution in [0.4, 0.5) is 5.69 Å². The van der Waals surface area contributed by atoms with Crippen LogP contribution >= 0.6 is 0 Å². The molecule has 0 heterocycles. The summed E-state index contributed by atoms with van der Waals surface area (Å²) in [5.41, 5.74) is 1.90. The monoisotopic (exact) mass is 340 g/mol. The highest BCUT2D eigenvalue weighted by atomic mass is 16.5. The van der Waals surface area contributed by atoms with Crippen molar-refractivity contribution < 1.29 is 9.53 Å². The van der Waals surface area contributed by atoms with E-state index < -0.39 is 0 Å². The number of carbonyl (C=O) groups excluding carboxylic acids is 1. The standard InChI is InChI=1S/C21H28N2O2/c1-3-23(4-2)16-17-25-20-13-9-8-12-19(20)22-21(24)15-14-18-10-6-5-7-11-18/h5-13H,3-4,14-17H2,1-2H3,(H,22,24). The summed E-state index contributed by atoms with van der Waals surface area (Å²) in [6, 6.07) is 17.7. The van der Waals surface area contributed by atoms with Crippen LogP contribution in [-0.4, -0.2) is 37.0 Å². The fourth-order valence-corrected chi connectivity index (χ4v) is 2.64. The van der Waals surface area contributed by atoms with Gasteiger partial charge in [-0.1, -0.05) is 56.3 Å². The lowest BCUT2D eigenvalue weighted by molar-refractivity contribution is -0.116. The molecule has 0 bridgehead atoms. The highest BCUT2D eigenvalue weighted by Crippen LogP contribution is 2.24. The third kappa shape index (κ3) is 6.59. The average Bonchev–Trinajstić information content (AvgIpc) is 2.66. The minimum Gasteiger partial charge on any atom is -0.490 e. The summed E-state index contributed by atoms with van der Waals surface area (Å²) in [5, 5.41) is 2.97. The SMILES string of the molecule is CCN(CC)CCOc1ccccc1NC(=O)CCc1ccccc1. The summed E-state index contributed by atoms with van der Waals surface area (Å²) >= 11 is 0. The molecule has 0 saturated carbocycles. The normalized spacial score (nSPS) is 10.7. The van der Waals surface area contributed by atoms with Gasteiger partial charge in [0.05, 0.1) is 5.69 Å². The molecular formula is C21H28N2O2. The number of hydrogen-bond donors (Lipinski definition) is 1. The summed E-state index contributed by atoms with van der Waals surface area (Å²) < 4.78 is 5.88. The average molecular weight is 340 g/mol. The lowest BCUT2D eigenvalue weighted by Gasteiger charge is -2.19. The lowest BCUT2D eigenvalue weighted by Crippen LogP contribution is -2.28. The van der Waals surface area contributed by atoms with Gasteiger partial charge in [-0.25, -0.2) is 0 Å². The number of ether oxygens (including phenoxy) is 1. The molecule has 0 fully saturated rings. The van der Waals surface area contributed by atoms with Crippen LogP contribution in [0.2, 0.25) is 0 Å². The lowest BCUT2D eigenvalue weighted by atomic mass is 10.1. The van der Waals surface area contributed by atoms with Crippen molar-refractivity contribution >= 4 is 11.6 Å². The van der Waals surface area contributed by atoms with E-state index in [-0.39, 0.29) is 5.91 Å². The van der Waals surface area contributed by atoms with Crippen LogP contribution < -0.4 is 10.1 Å². The van der Waals surface area contributed by atoms with Crippen LogP contribution in [0.15, 0.2) is 54.6 Å². The number of rotatable bonds is 10. The highest BCUT2D eigenvalue weighted by Gasteiger charge is 2.08. The van der Waals surface area contributed by atoms with Crippen LogP contribution in [0.25, 0.3) is 0 Å². The Hall–Kier alpha value is -2.33. The first-order chi connectivity index (χ1) is 12.2. The van der Waals surface area contributed by atoms with E-state index in [9.17, 15) is 4.79 Å². The molecular weight excluding hydrogens is 312 g/mol. The summed E-state index contributed by atoms with van der Waals surface area (Å²) in [6.45, 7) is 7.80. The minimum absolute atomic E-state index is 0.00338. The quantitative estimate of drug-likeness (QED) is 0.711. The number of likely N-dealkylation sites (N-methyl/N-ethyl adjacent to an activating group) is 1. The number of para-hydroxylation sites is 2. The highest BCUT2D eigenvalue weighted by molar-refractivity contribution is 5.92. The molecule has 2 rings (SSSR count). The Balaban J connectivity index is 1.85. The van der Waals surface area contributed by atoms with E-state index in [0.717, 1.165) is 37.5 Å². The Bertz CT molecular complexity index is 639. The van der Waals surface area contributed by atoms with Crippen LogP contribution in [0.3, 0.4) is 0 Å². The molecule has 0 aliphatic heterocycles. The first-order valence-corrected chi connectivity index (χ1v) is 9.00. The first-order valence-electron chi connectivity index (χ1n) is 9.00. The van der Waals surface area contributed by atoms with E-state index in [1.165, 1.54) is 5.56 Å². The third-order valence-electron chi connectivity index (χ3n) is 4.20. The topological polar surface area (TPSA) is 41.6 Å². The minimum atomic E-state index is 0.00338. The maximum atomic E-state index is 12.2. The van der Waals surface area contributed by atoms with Crippen molar-refractivity contribution in [3.8, 4) is 5.75 Å². The third-order valence-corrected chi connectivity index (χ3v) is 4.20. The van der Waals surface area contributed by atoms with Gasteiger partial charge in [-0.15, -0.1) is 0 Å². The van der Waals surface area contributed by atoms with Crippen LogP contribution in [0.5, 0.6) is 5.75 Å². The zero-order valence-corrected chi connectivity index (χ0v) is 15.2. The number of benzene rings is 2. The number of nitrogens with one attached hydrogen (secondary N) is 1. The summed E-state index contributed by atoms with van der Waals surface area (Å²) in [7, 11) is 0. The maximum absolute atomic E-state index is 12.2. The van der Waals surface area contributed by atoms with Crippen molar-refractivity contribution in [1.29, 1.82) is 0 Å². The van der Waals surface area contributed by atoms with Crippen molar-refractivity contribution in [2.75, 3.05) is 31.6 Å². The van der Waals surface area contributed by atoms with Crippen LogP contribution in [0, 0.1) is 0 Å². The second-order valence-electron chi connectivity index (χ2n) is 5.91. The predicted molar refractivity (Wildman–Crippen MR) is 103 cm³/mol. The smallest absolute Gasteiger partial charge is 0.224 e. The Kier molecular flexibility index (Phi) is 7.99. The van der Waals surface area contributed by atoms with E-state index in [1.54, 1.807) is 0 Å². The van der Waals surface area contributed by atoms with Gasteiger partial charge in [0.15, 0.2) is 0 Å². The van der Waals surface area contributed by atoms with Crippen molar-refractivity contribution in [2.45, 2.75) is 26.7 Å². The number of hydrogen-bond acceptors (Lipinski definition) is 3. The van der Waals surface area contributed by atoms with Crippen molar-refractivity contribution in [2.24, 2.45) is 0 Å². The van der Waals surface area contributed by atoms with Gasteiger partial charge in [0.1, 0.15) is 12.4 Å².